The van der Waals surface area contributed by atoms with E-state index in [0.29, 0.717) is 12.2 Å². The van der Waals surface area contributed by atoms with Crippen LogP contribution < -0.4 is 5.32 Å². The highest BCUT2D eigenvalue weighted by Gasteiger charge is 2.19. The van der Waals surface area contributed by atoms with Crippen LogP contribution in [0.5, 0.6) is 0 Å². The number of nitrogens with one attached hydrogen (secondary N) is 2. The van der Waals surface area contributed by atoms with E-state index in [1.54, 1.807) is 17.6 Å². The molecule has 132 valence electrons. The van der Waals surface area contributed by atoms with Crippen molar-refractivity contribution >= 4 is 27.5 Å². The number of aromatic amines is 1. The summed E-state index contributed by atoms with van der Waals surface area (Å²) in [7, 11) is 0. The molecule has 0 atom stereocenters. The zero-order chi connectivity index (χ0) is 17.2. The van der Waals surface area contributed by atoms with Crippen LogP contribution in [-0.4, -0.2) is 28.9 Å². The number of aromatic nitrogens is 1. The van der Waals surface area contributed by atoms with E-state index in [-0.39, 0.29) is 5.91 Å². The number of thiophene rings is 1. The van der Waals surface area contributed by atoms with Crippen LogP contribution in [0.3, 0.4) is 0 Å². The fourth-order valence-corrected chi connectivity index (χ4v) is 4.55. The summed E-state index contributed by atoms with van der Waals surface area (Å²) in [5.74, 6) is 0.657. The number of aryl methyl sites for hydroxylation is 1. The molecule has 1 amide bonds. The van der Waals surface area contributed by atoms with Gasteiger partial charge in [-0.15, -0.1) is 11.3 Å². The molecule has 4 rings (SSSR count). The number of fused-ring (bicyclic) bond motifs is 1. The summed E-state index contributed by atoms with van der Waals surface area (Å²) in [6.07, 6.45) is 5.54. The van der Waals surface area contributed by atoms with Gasteiger partial charge in [0.05, 0.1) is 23.0 Å². The van der Waals surface area contributed by atoms with Crippen molar-refractivity contribution in [1.29, 1.82) is 0 Å². The summed E-state index contributed by atoms with van der Waals surface area (Å²) in [6, 6.07) is 5.64. The molecule has 1 aliphatic rings. The first-order valence-corrected chi connectivity index (χ1v) is 9.66. The van der Waals surface area contributed by atoms with E-state index in [1.807, 2.05) is 18.2 Å². The van der Waals surface area contributed by atoms with Gasteiger partial charge >= 0.3 is 0 Å². The number of carbonyl (C=O) groups excluding carboxylic acids is 1. The molecule has 0 radical (unpaired) electrons. The molecular weight excluding hydrogens is 334 g/mol. The lowest BCUT2D eigenvalue weighted by molar-refractivity contribution is 0.0944. The van der Waals surface area contributed by atoms with E-state index >= 15 is 0 Å². The van der Waals surface area contributed by atoms with Crippen LogP contribution in [0.15, 0.2) is 28.9 Å². The second-order valence-corrected chi connectivity index (χ2v) is 7.91. The van der Waals surface area contributed by atoms with E-state index in [0.717, 1.165) is 22.5 Å². The van der Waals surface area contributed by atoms with Crippen LogP contribution in [0.25, 0.3) is 10.2 Å². The average Bonchev–Trinajstić information content (AvgIpc) is 3.33. The van der Waals surface area contributed by atoms with Crippen molar-refractivity contribution < 1.29 is 9.21 Å². The van der Waals surface area contributed by atoms with Crippen LogP contribution in [0.2, 0.25) is 0 Å². The van der Waals surface area contributed by atoms with Crippen molar-refractivity contribution in [3.05, 3.63) is 46.4 Å². The summed E-state index contributed by atoms with van der Waals surface area (Å²) >= 11 is 1.76. The number of hydrogen-bond donors (Lipinski definition) is 2. The molecule has 3 aromatic rings. The second kappa shape index (κ2) is 7.06. The minimum atomic E-state index is -0.0959. The highest BCUT2D eigenvalue weighted by Crippen LogP contribution is 2.32. The van der Waals surface area contributed by atoms with E-state index in [2.05, 4.69) is 22.1 Å². The number of nitrogens with zero attached hydrogens (tertiary/aromatic N) is 1. The summed E-state index contributed by atoms with van der Waals surface area (Å²) in [5.41, 5.74) is 3.08. The maximum absolute atomic E-state index is 12.4. The standard InChI is InChI=1S/C19H23N3O2S/c1-13-15(12-22-7-3-2-4-8-22)18-17(25-13)10-16(21-18)19(23)20-11-14-6-5-9-24-14/h5-6,9-10,21H,2-4,7-8,11-12H2,1H3,(H,20,23). The third kappa shape index (κ3) is 3.50. The molecule has 3 aromatic heterocycles. The maximum Gasteiger partial charge on any atom is 0.268 e. The number of hydrogen-bond acceptors (Lipinski definition) is 4. The van der Waals surface area contributed by atoms with Crippen LogP contribution in [0, 0.1) is 6.92 Å². The molecule has 0 spiro atoms. The van der Waals surface area contributed by atoms with Gasteiger partial charge in [-0.1, -0.05) is 6.42 Å². The lowest BCUT2D eigenvalue weighted by Gasteiger charge is -2.26. The molecule has 0 aliphatic carbocycles. The van der Waals surface area contributed by atoms with E-state index in [4.69, 9.17) is 4.42 Å². The Hall–Kier alpha value is -2.05. The molecular formula is C19H23N3O2S. The van der Waals surface area contributed by atoms with Crippen molar-refractivity contribution in [3.63, 3.8) is 0 Å². The third-order valence-corrected chi connectivity index (χ3v) is 5.94. The summed E-state index contributed by atoms with van der Waals surface area (Å²) in [6.45, 7) is 5.90. The average molecular weight is 357 g/mol. The summed E-state index contributed by atoms with van der Waals surface area (Å²) in [4.78, 5) is 19.6. The lowest BCUT2D eigenvalue weighted by atomic mass is 10.1. The molecule has 0 unspecified atom stereocenters. The first kappa shape index (κ1) is 16.4. The minimum absolute atomic E-state index is 0.0959. The molecule has 0 saturated carbocycles. The van der Waals surface area contributed by atoms with Crippen molar-refractivity contribution in [3.8, 4) is 0 Å². The van der Waals surface area contributed by atoms with Gasteiger partial charge in [-0.2, -0.15) is 0 Å². The Morgan fingerprint density at radius 1 is 1.36 bits per heavy atom. The molecule has 1 fully saturated rings. The van der Waals surface area contributed by atoms with Crippen molar-refractivity contribution in [2.24, 2.45) is 0 Å². The van der Waals surface area contributed by atoms with Crippen LogP contribution in [0.4, 0.5) is 0 Å². The zero-order valence-electron chi connectivity index (χ0n) is 14.4. The maximum atomic E-state index is 12.4. The van der Waals surface area contributed by atoms with Gasteiger partial charge in [-0.3, -0.25) is 9.69 Å². The van der Waals surface area contributed by atoms with E-state index in [9.17, 15) is 4.79 Å². The predicted molar refractivity (Wildman–Crippen MR) is 99.9 cm³/mol. The second-order valence-electron chi connectivity index (χ2n) is 6.66. The van der Waals surface area contributed by atoms with Gasteiger partial charge in [-0.05, 0) is 51.1 Å². The fraction of sp³-hybridized carbons (Fsp3) is 0.421. The Morgan fingerprint density at radius 3 is 2.96 bits per heavy atom. The number of likely N-dealkylation sites (tertiary alicyclic amines) is 1. The van der Waals surface area contributed by atoms with Crippen molar-refractivity contribution in [1.82, 2.24) is 15.2 Å². The molecule has 6 heteroatoms. The molecule has 25 heavy (non-hydrogen) atoms. The van der Waals surface area contributed by atoms with Gasteiger partial charge in [0.25, 0.3) is 5.91 Å². The van der Waals surface area contributed by atoms with Crippen LogP contribution in [0.1, 0.15) is 46.0 Å². The van der Waals surface area contributed by atoms with Crippen LogP contribution in [-0.2, 0) is 13.1 Å². The Kier molecular flexibility index (Phi) is 4.63. The monoisotopic (exact) mass is 357 g/mol. The first-order valence-electron chi connectivity index (χ1n) is 8.84. The number of piperidine rings is 1. The highest BCUT2D eigenvalue weighted by atomic mass is 32.1. The summed E-state index contributed by atoms with van der Waals surface area (Å²) in [5, 5.41) is 2.90. The lowest BCUT2D eigenvalue weighted by Crippen LogP contribution is -2.29. The minimum Gasteiger partial charge on any atom is -0.467 e. The molecule has 1 saturated heterocycles. The number of amides is 1. The van der Waals surface area contributed by atoms with Crippen LogP contribution >= 0.6 is 11.3 Å². The molecule has 0 aromatic carbocycles. The fourth-order valence-electron chi connectivity index (χ4n) is 3.47. The SMILES string of the molecule is Cc1sc2cc(C(=O)NCc3ccco3)[nH]c2c1CN1CCCCC1. The highest BCUT2D eigenvalue weighted by molar-refractivity contribution is 7.19. The largest absolute Gasteiger partial charge is 0.467 e. The number of rotatable bonds is 5. The van der Waals surface area contributed by atoms with Gasteiger partial charge in [0, 0.05) is 17.0 Å². The number of H-pyrrole nitrogens is 1. The Balaban J connectivity index is 1.50. The normalized spacial score (nSPS) is 15.7. The molecule has 1 aliphatic heterocycles. The Morgan fingerprint density at radius 2 is 2.20 bits per heavy atom. The molecule has 0 bridgehead atoms. The molecule has 4 heterocycles. The first-order chi connectivity index (χ1) is 12.2. The Labute approximate surface area is 151 Å². The van der Waals surface area contributed by atoms with E-state index in [1.165, 1.54) is 42.8 Å². The topological polar surface area (TPSA) is 61.3 Å². The van der Waals surface area contributed by atoms with Crippen molar-refractivity contribution in [2.45, 2.75) is 39.3 Å². The third-order valence-electron chi connectivity index (χ3n) is 4.85. The van der Waals surface area contributed by atoms with E-state index < -0.39 is 0 Å². The number of carbonyl (C=O) groups is 1. The van der Waals surface area contributed by atoms with Gasteiger partial charge in [0.15, 0.2) is 0 Å². The van der Waals surface area contributed by atoms with Gasteiger partial charge in [0.1, 0.15) is 11.5 Å². The van der Waals surface area contributed by atoms with Gasteiger partial charge in [0.2, 0.25) is 0 Å². The smallest absolute Gasteiger partial charge is 0.268 e. The quantitative estimate of drug-likeness (QED) is 0.724. The molecule has 5 nitrogen and oxygen atoms in total. The number of furan rings is 1. The Bertz CT molecular complexity index is 857. The predicted octanol–water partition coefficient (Wildman–Crippen LogP) is 4.05. The zero-order valence-corrected chi connectivity index (χ0v) is 15.2. The summed E-state index contributed by atoms with van der Waals surface area (Å²) < 4.78 is 6.41. The molecule has 2 N–H and O–H groups in total. The van der Waals surface area contributed by atoms with Gasteiger partial charge < -0.3 is 14.7 Å². The van der Waals surface area contributed by atoms with Crippen molar-refractivity contribution in [2.75, 3.05) is 13.1 Å². The van der Waals surface area contributed by atoms with Gasteiger partial charge in [-0.25, -0.2) is 0 Å².